The lowest BCUT2D eigenvalue weighted by Gasteiger charge is -2.19. The Hall–Kier alpha value is -1.50. The van der Waals surface area contributed by atoms with Crippen LogP contribution in [0.25, 0.3) is 10.8 Å². The molecule has 0 spiro atoms. The highest BCUT2D eigenvalue weighted by molar-refractivity contribution is 5.92. The molecule has 94 valence electrons. The van der Waals surface area contributed by atoms with Gasteiger partial charge in [-0.05, 0) is 28.8 Å². The molecule has 0 aliphatic carbocycles. The van der Waals surface area contributed by atoms with Crippen LogP contribution >= 0.6 is 0 Å². The van der Waals surface area contributed by atoms with E-state index in [0.717, 1.165) is 0 Å². The summed E-state index contributed by atoms with van der Waals surface area (Å²) < 4.78 is 0. The Balaban J connectivity index is 2.08. The SMILES string of the molecule is CCCCN1CC(C)c2c1ccc1ccccc21. The largest absolute Gasteiger partial charge is 0.371 e. The molecule has 0 amide bonds. The quantitative estimate of drug-likeness (QED) is 0.758. The van der Waals surface area contributed by atoms with Crippen molar-refractivity contribution in [3.05, 3.63) is 42.0 Å². The monoisotopic (exact) mass is 239 g/mol. The molecule has 3 rings (SSSR count). The van der Waals surface area contributed by atoms with Crippen LogP contribution in [-0.2, 0) is 0 Å². The maximum Gasteiger partial charge on any atom is 0.0408 e. The summed E-state index contributed by atoms with van der Waals surface area (Å²) in [7, 11) is 0. The zero-order valence-corrected chi connectivity index (χ0v) is 11.3. The predicted octanol–water partition coefficient (Wildman–Crippen LogP) is 4.56. The van der Waals surface area contributed by atoms with Crippen LogP contribution in [-0.4, -0.2) is 13.1 Å². The summed E-state index contributed by atoms with van der Waals surface area (Å²) in [6.07, 6.45) is 2.56. The van der Waals surface area contributed by atoms with E-state index in [1.54, 1.807) is 5.56 Å². The normalized spacial score (nSPS) is 18.3. The van der Waals surface area contributed by atoms with Crippen LogP contribution in [0.1, 0.15) is 38.2 Å². The van der Waals surface area contributed by atoms with Crippen molar-refractivity contribution in [1.29, 1.82) is 0 Å². The fraction of sp³-hybridized carbons (Fsp3) is 0.412. The van der Waals surface area contributed by atoms with Gasteiger partial charge >= 0.3 is 0 Å². The molecule has 0 aromatic heterocycles. The molecule has 1 heteroatoms. The van der Waals surface area contributed by atoms with Gasteiger partial charge in [-0.15, -0.1) is 0 Å². The van der Waals surface area contributed by atoms with E-state index >= 15 is 0 Å². The summed E-state index contributed by atoms with van der Waals surface area (Å²) in [5.41, 5.74) is 3.03. The maximum absolute atomic E-state index is 2.57. The molecule has 2 aromatic rings. The third-order valence-corrected chi connectivity index (χ3v) is 4.06. The number of unbranched alkanes of at least 4 members (excludes halogenated alkanes) is 1. The number of hydrogen-bond donors (Lipinski definition) is 0. The minimum absolute atomic E-state index is 0.656. The number of benzene rings is 2. The molecular formula is C17H21N. The van der Waals surface area contributed by atoms with Crippen molar-refractivity contribution in [2.75, 3.05) is 18.0 Å². The molecule has 0 fully saturated rings. The molecular weight excluding hydrogens is 218 g/mol. The molecule has 18 heavy (non-hydrogen) atoms. The van der Waals surface area contributed by atoms with Gasteiger partial charge < -0.3 is 4.90 Å². The van der Waals surface area contributed by atoms with Gasteiger partial charge in [0.05, 0.1) is 0 Å². The second kappa shape index (κ2) is 4.64. The summed E-state index contributed by atoms with van der Waals surface area (Å²) >= 11 is 0. The summed E-state index contributed by atoms with van der Waals surface area (Å²) in [4.78, 5) is 2.57. The van der Waals surface area contributed by atoms with Crippen molar-refractivity contribution in [1.82, 2.24) is 0 Å². The highest BCUT2D eigenvalue weighted by atomic mass is 15.1. The van der Waals surface area contributed by atoms with Crippen LogP contribution in [0.2, 0.25) is 0 Å². The lowest BCUT2D eigenvalue weighted by atomic mass is 9.96. The maximum atomic E-state index is 2.57. The van der Waals surface area contributed by atoms with Gasteiger partial charge in [-0.3, -0.25) is 0 Å². The number of rotatable bonds is 3. The predicted molar refractivity (Wildman–Crippen MR) is 79.5 cm³/mol. The minimum Gasteiger partial charge on any atom is -0.371 e. The molecule has 1 unspecified atom stereocenters. The highest BCUT2D eigenvalue weighted by Crippen LogP contribution is 2.40. The molecule has 1 aliphatic heterocycles. The van der Waals surface area contributed by atoms with Crippen molar-refractivity contribution in [2.24, 2.45) is 0 Å². The molecule has 1 aliphatic rings. The van der Waals surface area contributed by atoms with Crippen molar-refractivity contribution in [3.63, 3.8) is 0 Å². The van der Waals surface area contributed by atoms with E-state index in [-0.39, 0.29) is 0 Å². The Morgan fingerprint density at radius 2 is 2.00 bits per heavy atom. The van der Waals surface area contributed by atoms with Gasteiger partial charge in [0.2, 0.25) is 0 Å². The van der Waals surface area contributed by atoms with E-state index in [2.05, 4.69) is 55.1 Å². The van der Waals surface area contributed by atoms with E-state index in [4.69, 9.17) is 0 Å². The molecule has 0 saturated heterocycles. The van der Waals surface area contributed by atoms with Gasteiger partial charge in [0.15, 0.2) is 0 Å². The van der Waals surface area contributed by atoms with E-state index in [9.17, 15) is 0 Å². The lowest BCUT2D eigenvalue weighted by molar-refractivity contribution is 0.700. The average Bonchev–Trinajstić information content (AvgIpc) is 2.73. The fourth-order valence-electron chi connectivity index (χ4n) is 3.16. The molecule has 1 atom stereocenters. The van der Waals surface area contributed by atoms with Crippen LogP contribution < -0.4 is 4.90 Å². The smallest absolute Gasteiger partial charge is 0.0408 e. The first-order valence-corrected chi connectivity index (χ1v) is 7.08. The number of nitrogens with zero attached hydrogens (tertiary/aromatic N) is 1. The van der Waals surface area contributed by atoms with Crippen molar-refractivity contribution < 1.29 is 0 Å². The van der Waals surface area contributed by atoms with E-state index in [1.165, 1.54) is 42.4 Å². The molecule has 1 heterocycles. The Morgan fingerprint density at radius 1 is 1.17 bits per heavy atom. The van der Waals surface area contributed by atoms with Crippen LogP contribution in [0.3, 0.4) is 0 Å². The number of anilines is 1. The van der Waals surface area contributed by atoms with Gasteiger partial charge in [-0.25, -0.2) is 0 Å². The zero-order chi connectivity index (χ0) is 12.5. The highest BCUT2D eigenvalue weighted by Gasteiger charge is 2.26. The Labute approximate surface area is 109 Å². The summed E-state index contributed by atoms with van der Waals surface area (Å²) in [6.45, 7) is 7.01. The Morgan fingerprint density at radius 3 is 2.83 bits per heavy atom. The molecule has 2 aromatic carbocycles. The van der Waals surface area contributed by atoms with Gasteiger partial charge in [-0.1, -0.05) is 50.6 Å². The molecule has 0 N–H and O–H groups in total. The summed E-state index contributed by atoms with van der Waals surface area (Å²) in [5.74, 6) is 0.656. The van der Waals surface area contributed by atoms with Gasteiger partial charge in [0, 0.05) is 24.7 Å². The molecule has 1 nitrogen and oxygen atoms in total. The van der Waals surface area contributed by atoms with E-state index in [0.29, 0.717) is 5.92 Å². The molecule has 0 bridgehead atoms. The molecule has 0 saturated carbocycles. The Kier molecular flexibility index (Phi) is 2.99. The second-order valence-electron chi connectivity index (χ2n) is 5.42. The van der Waals surface area contributed by atoms with Crippen LogP contribution in [0.15, 0.2) is 36.4 Å². The summed E-state index contributed by atoms with van der Waals surface area (Å²) in [5, 5.41) is 2.82. The minimum atomic E-state index is 0.656. The average molecular weight is 239 g/mol. The first kappa shape index (κ1) is 11.6. The third kappa shape index (κ3) is 1.78. The fourth-order valence-corrected chi connectivity index (χ4v) is 3.16. The topological polar surface area (TPSA) is 3.24 Å². The van der Waals surface area contributed by atoms with Gasteiger partial charge in [-0.2, -0.15) is 0 Å². The Bertz CT molecular complexity index is 559. The van der Waals surface area contributed by atoms with Gasteiger partial charge in [0.25, 0.3) is 0 Å². The van der Waals surface area contributed by atoms with Crippen LogP contribution in [0.5, 0.6) is 0 Å². The van der Waals surface area contributed by atoms with Crippen LogP contribution in [0, 0.1) is 0 Å². The first-order valence-electron chi connectivity index (χ1n) is 7.08. The van der Waals surface area contributed by atoms with Gasteiger partial charge in [0.1, 0.15) is 0 Å². The second-order valence-corrected chi connectivity index (χ2v) is 5.42. The standard InChI is InChI=1S/C17H21N/c1-3-4-11-18-12-13(2)17-15-8-6-5-7-14(15)9-10-16(17)18/h5-10,13H,3-4,11-12H2,1-2H3. The zero-order valence-electron chi connectivity index (χ0n) is 11.3. The van der Waals surface area contributed by atoms with Crippen molar-refractivity contribution in [3.8, 4) is 0 Å². The number of fused-ring (bicyclic) bond motifs is 3. The van der Waals surface area contributed by atoms with E-state index < -0.39 is 0 Å². The van der Waals surface area contributed by atoms with Crippen molar-refractivity contribution in [2.45, 2.75) is 32.6 Å². The van der Waals surface area contributed by atoms with Crippen molar-refractivity contribution >= 4 is 16.5 Å². The van der Waals surface area contributed by atoms with E-state index in [1.807, 2.05) is 0 Å². The molecule has 0 radical (unpaired) electrons. The lowest BCUT2D eigenvalue weighted by Crippen LogP contribution is -2.22. The third-order valence-electron chi connectivity index (χ3n) is 4.06. The first-order chi connectivity index (χ1) is 8.81. The van der Waals surface area contributed by atoms with Crippen LogP contribution in [0.4, 0.5) is 5.69 Å². The number of hydrogen-bond acceptors (Lipinski definition) is 1. The summed E-state index contributed by atoms with van der Waals surface area (Å²) in [6, 6.07) is 13.4.